The summed E-state index contributed by atoms with van der Waals surface area (Å²) in [6, 6.07) is 1.46. The molecule has 7 nitrogen and oxygen atoms in total. The van der Waals surface area contributed by atoms with Crippen molar-refractivity contribution in [2.75, 3.05) is 12.3 Å². The van der Waals surface area contributed by atoms with Gasteiger partial charge in [0.1, 0.15) is 18.1 Å². The van der Waals surface area contributed by atoms with Crippen LogP contribution in [0, 0.1) is 11.8 Å². The highest BCUT2D eigenvalue weighted by molar-refractivity contribution is 5.24. The molecule has 0 radical (unpaired) electrons. The molecule has 1 fully saturated rings. The van der Waals surface area contributed by atoms with Crippen molar-refractivity contribution >= 4 is 5.82 Å². The van der Waals surface area contributed by atoms with Gasteiger partial charge < -0.3 is 20.7 Å². The fraction of sp³-hybridized carbons (Fsp3) is 0.500. The van der Waals surface area contributed by atoms with Crippen LogP contribution in [0.2, 0.25) is 0 Å². The van der Waals surface area contributed by atoms with E-state index in [-0.39, 0.29) is 12.2 Å². The van der Waals surface area contributed by atoms with E-state index in [9.17, 15) is 15.0 Å². The second-order valence-corrected chi connectivity index (χ2v) is 4.29. The molecule has 0 saturated carbocycles. The minimum atomic E-state index is -1.36. The lowest BCUT2D eigenvalue weighted by Gasteiger charge is -2.24. The fourth-order valence-electron chi connectivity index (χ4n) is 2.07. The number of aromatic nitrogens is 2. The number of nitrogen functional groups attached to an aromatic ring is 1. The number of rotatable bonds is 2. The first kappa shape index (κ1) is 13.5. The molecule has 19 heavy (non-hydrogen) atoms. The Labute approximate surface area is 109 Å². The number of aliphatic hydroxyl groups is 2. The maximum absolute atomic E-state index is 11.7. The summed E-state index contributed by atoms with van der Waals surface area (Å²) in [5, 5.41) is 19.4. The average molecular weight is 265 g/mol. The van der Waals surface area contributed by atoms with Crippen molar-refractivity contribution in [1.82, 2.24) is 9.55 Å². The molecule has 7 heteroatoms. The van der Waals surface area contributed by atoms with E-state index >= 15 is 0 Å². The number of ether oxygens (including phenoxy) is 1. The van der Waals surface area contributed by atoms with Crippen LogP contribution in [0.25, 0.3) is 0 Å². The molecule has 1 saturated heterocycles. The summed E-state index contributed by atoms with van der Waals surface area (Å²) < 4.78 is 6.78. The van der Waals surface area contributed by atoms with Gasteiger partial charge >= 0.3 is 5.69 Å². The van der Waals surface area contributed by atoms with Gasteiger partial charge in [0.2, 0.25) is 0 Å². The number of anilines is 1. The molecule has 102 valence electrons. The molecule has 0 amide bonds. The standard InChI is InChI=1S/C12H15N3O4/c1-2-4-12(7-16)8(17)6-10(19-12)15-5-3-9(13)14-11(15)18/h3,5,8,10,16-17H,6-7H2,1H3,(H2,13,14,18)/t8-,10+,12+/m0/s1. The van der Waals surface area contributed by atoms with Crippen molar-refractivity contribution in [2.24, 2.45) is 0 Å². The zero-order valence-electron chi connectivity index (χ0n) is 10.4. The van der Waals surface area contributed by atoms with Crippen LogP contribution < -0.4 is 11.4 Å². The first-order chi connectivity index (χ1) is 9.02. The second kappa shape index (κ2) is 5.01. The predicted molar refractivity (Wildman–Crippen MR) is 66.9 cm³/mol. The van der Waals surface area contributed by atoms with Crippen LogP contribution in [-0.2, 0) is 4.74 Å². The Hall–Kier alpha value is -1.88. The van der Waals surface area contributed by atoms with Crippen molar-refractivity contribution in [2.45, 2.75) is 31.3 Å². The largest absolute Gasteiger partial charge is 0.392 e. The van der Waals surface area contributed by atoms with E-state index in [1.807, 2.05) is 0 Å². The predicted octanol–water partition coefficient (Wildman–Crippen LogP) is -1.14. The first-order valence-electron chi connectivity index (χ1n) is 5.78. The number of nitrogens with zero attached hydrogens (tertiary/aromatic N) is 2. The zero-order chi connectivity index (χ0) is 14.0. The van der Waals surface area contributed by atoms with Crippen molar-refractivity contribution < 1.29 is 14.9 Å². The maximum Gasteiger partial charge on any atom is 0.351 e. The molecule has 0 unspecified atom stereocenters. The Morgan fingerprint density at radius 3 is 3.05 bits per heavy atom. The molecule has 1 aromatic heterocycles. The summed E-state index contributed by atoms with van der Waals surface area (Å²) in [7, 11) is 0. The van der Waals surface area contributed by atoms with Gasteiger partial charge in [-0.3, -0.25) is 4.57 Å². The SMILES string of the molecule is CC#C[C@]1(CO)O[C@@H](n2ccc(N)nc2=O)C[C@@H]1O. The molecule has 0 aromatic carbocycles. The molecule has 0 aliphatic carbocycles. The van der Waals surface area contributed by atoms with E-state index in [1.54, 1.807) is 6.92 Å². The van der Waals surface area contributed by atoms with Gasteiger partial charge in [0.15, 0.2) is 5.60 Å². The van der Waals surface area contributed by atoms with Gasteiger partial charge in [0.05, 0.1) is 6.61 Å². The highest BCUT2D eigenvalue weighted by Gasteiger charge is 2.47. The van der Waals surface area contributed by atoms with Gasteiger partial charge in [0.25, 0.3) is 0 Å². The Morgan fingerprint density at radius 1 is 1.74 bits per heavy atom. The maximum atomic E-state index is 11.7. The monoisotopic (exact) mass is 265 g/mol. The summed E-state index contributed by atoms with van der Waals surface area (Å²) in [6.45, 7) is 1.13. The zero-order valence-corrected chi connectivity index (χ0v) is 10.4. The van der Waals surface area contributed by atoms with Gasteiger partial charge in [-0.25, -0.2) is 4.79 Å². The normalized spacial score (nSPS) is 29.8. The first-order valence-corrected chi connectivity index (χ1v) is 5.78. The molecule has 0 spiro atoms. The third kappa shape index (κ3) is 2.33. The van der Waals surface area contributed by atoms with Crippen molar-refractivity contribution in [3.63, 3.8) is 0 Å². The molecule has 0 bridgehead atoms. The third-order valence-corrected chi connectivity index (χ3v) is 3.04. The summed E-state index contributed by atoms with van der Waals surface area (Å²) in [4.78, 5) is 15.3. The lowest BCUT2D eigenvalue weighted by Crippen LogP contribution is -2.41. The van der Waals surface area contributed by atoms with Crippen LogP contribution in [0.4, 0.5) is 5.82 Å². The van der Waals surface area contributed by atoms with Gasteiger partial charge in [0, 0.05) is 12.6 Å². The topological polar surface area (TPSA) is 111 Å². The Kier molecular flexibility index (Phi) is 3.57. The van der Waals surface area contributed by atoms with Gasteiger partial charge in [-0.05, 0) is 13.0 Å². The Morgan fingerprint density at radius 2 is 2.47 bits per heavy atom. The third-order valence-electron chi connectivity index (χ3n) is 3.04. The van der Waals surface area contributed by atoms with E-state index in [4.69, 9.17) is 10.5 Å². The van der Waals surface area contributed by atoms with Gasteiger partial charge in [-0.2, -0.15) is 4.98 Å². The minimum absolute atomic E-state index is 0.113. The second-order valence-electron chi connectivity index (χ2n) is 4.29. The minimum Gasteiger partial charge on any atom is -0.392 e. The number of hydrogen-bond acceptors (Lipinski definition) is 6. The summed E-state index contributed by atoms with van der Waals surface area (Å²) in [5.41, 5.74) is 3.47. The molecule has 4 N–H and O–H groups in total. The van der Waals surface area contributed by atoms with Crippen molar-refractivity contribution in [3.8, 4) is 11.8 Å². The van der Waals surface area contributed by atoms with Crippen LogP contribution in [-0.4, -0.2) is 38.1 Å². The van der Waals surface area contributed by atoms with Gasteiger partial charge in [-0.15, -0.1) is 5.92 Å². The highest BCUT2D eigenvalue weighted by atomic mass is 16.6. The summed E-state index contributed by atoms with van der Waals surface area (Å²) in [5.74, 6) is 5.38. The van der Waals surface area contributed by atoms with E-state index in [2.05, 4.69) is 16.8 Å². The molecule has 1 aliphatic heterocycles. The lowest BCUT2D eigenvalue weighted by molar-refractivity contribution is -0.0913. The lowest BCUT2D eigenvalue weighted by atomic mass is 9.98. The molecule has 3 atom stereocenters. The number of nitrogens with two attached hydrogens (primary N) is 1. The smallest absolute Gasteiger partial charge is 0.351 e. The summed E-state index contributed by atoms with van der Waals surface area (Å²) >= 11 is 0. The van der Waals surface area contributed by atoms with Crippen LogP contribution >= 0.6 is 0 Å². The molecule has 2 heterocycles. The Bertz CT molecular complexity index is 589. The van der Waals surface area contributed by atoms with E-state index < -0.39 is 30.2 Å². The fourth-order valence-corrected chi connectivity index (χ4v) is 2.07. The number of aliphatic hydroxyl groups excluding tert-OH is 2. The molecule has 1 aliphatic rings. The quantitative estimate of drug-likeness (QED) is 0.583. The van der Waals surface area contributed by atoms with E-state index in [1.165, 1.54) is 16.8 Å². The molecule has 2 rings (SSSR count). The van der Waals surface area contributed by atoms with E-state index in [0.717, 1.165) is 0 Å². The highest BCUT2D eigenvalue weighted by Crippen LogP contribution is 2.35. The molecule has 1 aromatic rings. The van der Waals surface area contributed by atoms with E-state index in [0.29, 0.717) is 0 Å². The van der Waals surface area contributed by atoms with Crippen molar-refractivity contribution in [3.05, 3.63) is 22.7 Å². The Balaban J connectivity index is 2.34. The average Bonchev–Trinajstić information content (AvgIpc) is 2.67. The number of hydrogen-bond donors (Lipinski definition) is 3. The molecular formula is C12H15N3O4. The summed E-state index contributed by atoms with van der Waals surface area (Å²) in [6.07, 6.45) is -0.140. The van der Waals surface area contributed by atoms with Crippen molar-refractivity contribution in [1.29, 1.82) is 0 Å². The van der Waals surface area contributed by atoms with Crippen LogP contribution in [0.15, 0.2) is 17.1 Å². The van der Waals surface area contributed by atoms with Crippen LogP contribution in [0.1, 0.15) is 19.6 Å². The van der Waals surface area contributed by atoms with Gasteiger partial charge in [-0.1, -0.05) is 5.92 Å². The molecular weight excluding hydrogens is 250 g/mol. The van der Waals surface area contributed by atoms with Crippen LogP contribution in [0.5, 0.6) is 0 Å². The van der Waals surface area contributed by atoms with Crippen LogP contribution in [0.3, 0.4) is 0 Å².